The van der Waals surface area contributed by atoms with Crippen molar-refractivity contribution in [2.24, 2.45) is 35.5 Å². The van der Waals surface area contributed by atoms with E-state index >= 15 is 4.79 Å². The van der Waals surface area contributed by atoms with Crippen LogP contribution in [0.1, 0.15) is 91.0 Å². The number of ketones is 1. The third kappa shape index (κ3) is 10.3. The maximum atomic E-state index is 15.1. The highest BCUT2D eigenvalue weighted by atomic mass is 19.4. The first-order valence-corrected chi connectivity index (χ1v) is 23.4. The van der Waals surface area contributed by atoms with Crippen LogP contribution < -0.4 is 5.32 Å². The molecule has 2 saturated carbocycles. The molecule has 2 N–H and O–H groups in total. The van der Waals surface area contributed by atoms with E-state index in [2.05, 4.69) is 10.2 Å². The van der Waals surface area contributed by atoms with Crippen molar-refractivity contribution in [2.75, 3.05) is 40.7 Å². The van der Waals surface area contributed by atoms with Gasteiger partial charge in [0.1, 0.15) is 24.4 Å². The average Bonchev–Trinajstić information content (AvgIpc) is 3.84. The SMILES string of the molecule is CC[C@H]1CCC[C@H](O[C@H]2CC[C@H](N(C)C)C(C)O2)[C@@H](C)C(=O)C2=C[C@H]3[C@@H]4C[C@H](O[C@@H]5OC(C)[C@H](OC)C(OC)[C@@H]5OC)C[C@H]4[C@H](Nc4cccc(C(F)(F)F)c4)[C@@H](O)[C@H]3[C@@H]2CC(=O)O1. The summed E-state index contributed by atoms with van der Waals surface area (Å²) in [5.41, 5.74) is -0.152. The number of methoxy groups -OCH3 is 3. The van der Waals surface area contributed by atoms with Gasteiger partial charge in [0.05, 0.1) is 48.5 Å². The van der Waals surface area contributed by atoms with Gasteiger partial charge in [0, 0.05) is 50.8 Å². The number of halogens is 3. The van der Waals surface area contributed by atoms with Gasteiger partial charge in [-0.3, -0.25) is 9.59 Å². The summed E-state index contributed by atoms with van der Waals surface area (Å²) in [5.74, 6) is -3.40. The van der Waals surface area contributed by atoms with E-state index in [4.69, 9.17) is 37.9 Å². The van der Waals surface area contributed by atoms with E-state index in [0.717, 1.165) is 18.6 Å². The number of fused-ring (bicyclic) bond motifs is 5. The van der Waals surface area contributed by atoms with Crippen molar-refractivity contribution in [3.8, 4) is 0 Å². The molecule has 3 saturated heterocycles. The van der Waals surface area contributed by atoms with Gasteiger partial charge in [-0.25, -0.2) is 0 Å². The highest BCUT2D eigenvalue weighted by Gasteiger charge is 2.60. The molecule has 360 valence electrons. The standard InChI is InChI=1S/C48H71F3N2O11/c1-10-29-15-12-16-37(64-39-18-17-36(53(5)6)25(3)60-39)24(2)42(55)35-22-32-31-20-30(63-47-46(59-9)45(58-8)44(57-7)26(4)61-47)21-34(31)41(43(56)40(32)33(35)23-38(54)62-29)52-28-14-11-13-27(19-28)48(49,50)51/h11,13-14,19,22,24-26,29-34,36-37,39-41,43-47,52,56H,10,12,15-18,20-21,23H2,1-9H3/t24-,25?,26?,29+,30+,31+,32+,33-,34-,36+,37+,39+,40-,41+,43+,44+,45?,46+,47+/m1/s1. The van der Waals surface area contributed by atoms with Crippen LogP contribution in [0, 0.1) is 35.5 Å². The molecule has 3 heterocycles. The van der Waals surface area contributed by atoms with Crippen molar-refractivity contribution in [2.45, 2.75) is 171 Å². The van der Waals surface area contributed by atoms with Crippen molar-refractivity contribution < 1.29 is 65.8 Å². The first kappa shape index (κ1) is 49.2. The number of hydrogen-bond acceptors (Lipinski definition) is 13. The van der Waals surface area contributed by atoms with Crippen molar-refractivity contribution >= 4 is 17.4 Å². The van der Waals surface area contributed by atoms with Crippen molar-refractivity contribution in [3.05, 3.63) is 41.5 Å². The summed E-state index contributed by atoms with van der Waals surface area (Å²) in [5, 5.41) is 16.0. The predicted molar refractivity (Wildman–Crippen MR) is 230 cm³/mol. The van der Waals surface area contributed by atoms with Gasteiger partial charge < -0.3 is 53.2 Å². The first-order chi connectivity index (χ1) is 30.5. The summed E-state index contributed by atoms with van der Waals surface area (Å²) in [6.07, 6.45) is -3.51. The number of rotatable bonds is 11. The van der Waals surface area contributed by atoms with Gasteiger partial charge >= 0.3 is 12.1 Å². The van der Waals surface area contributed by atoms with E-state index in [1.165, 1.54) is 6.07 Å². The molecule has 64 heavy (non-hydrogen) atoms. The zero-order chi connectivity index (χ0) is 46.2. The lowest BCUT2D eigenvalue weighted by Crippen LogP contribution is -2.59. The van der Waals surface area contributed by atoms with E-state index in [-0.39, 0.29) is 53.9 Å². The molecule has 1 aromatic rings. The van der Waals surface area contributed by atoms with Gasteiger partial charge in [0.15, 0.2) is 18.4 Å². The molecule has 5 fully saturated rings. The maximum Gasteiger partial charge on any atom is 0.416 e. The van der Waals surface area contributed by atoms with Crippen LogP contribution in [0.4, 0.5) is 18.9 Å². The predicted octanol–water partition coefficient (Wildman–Crippen LogP) is 6.79. The highest BCUT2D eigenvalue weighted by molar-refractivity contribution is 5.99. The van der Waals surface area contributed by atoms with Crippen molar-refractivity contribution in [1.82, 2.24) is 4.90 Å². The number of nitrogens with one attached hydrogen (secondary N) is 1. The van der Waals surface area contributed by atoms with Crippen LogP contribution in [0.25, 0.3) is 0 Å². The average molecular weight is 909 g/mol. The van der Waals surface area contributed by atoms with Crippen LogP contribution >= 0.6 is 0 Å². The number of likely N-dealkylation sites (N-methyl/N-ethyl adjacent to an activating group) is 1. The maximum absolute atomic E-state index is 15.1. The van der Waals surface area contributed by atoms with Gasteiger partial charge in [-0.1, -0.05) is 26.0 Å². The van der Waals surface area contributed by atoms with E-state index < -0.39 is 96.8 Å². The molecule has 6 aliphatic rings. The zero-order valence-corrected chi connectivity index (χ0v) is 38.8. The van der Waals surface area contributed by atoms with Gasteiger partial charge in [0.25, 0.3) is 0 Å². The summed E-state index contributed by atoms with van der Waals surface area (Å²) < 4.78 is 91.7. The fraction of sp³-hybridized carbons (Fsp3) is 0.792. The lowest BCUT2D eigenvalue weighted by molar-refractivity contribution is -0.314. The topological polar surface area (TPSA) is 143 Å². The molecule has 3 unspecified atom stereocenters. The molecule has 19 atom stereocenters. The smallest absolute Gasteiger partial charge is 0.416 e. The summed E-state index contributed by atoms with van der Waals surface area (Å²) in [6.45, 7) is 7.79. The number of aliphatic hydroxyl groups is 1. The Balaban J connectivity index is 1.22. The number of allylic oxidation sites excluding steroid dienone is 2. The van der Waals surface area contributed by atoms with Crippen LogP contribution in [0.3, 0.4) is 0 Å². The number of anilines is 1. The van der Waals surface area contributed by atoms with E-state index in [0.29, 0.717) is 50.5 Å². The molecule has 0 bridgehead atoms. The third-order valence-corrected chi connectivity index (χ3v) is 15.4. The number of hydrogen-bond donors (Lipinski definition) is 2. The number of nitrogens with zero attached hydrogens (tertiary/aromatic N) is 1. The molecule has 0 spiro atoms. The quantitative estimate of drug-likeness (QED) is 0.225. The number of benzene rings is 1. The molecular weight excluding hydrogens is 838 g/mol. The monoisotopic (exact) mass is 909 g/mol. The number of carbonyl (C=O) groups is 2. The van der Waals surface area contributed by atoms with Crippen LogP contribution in [0.2, 0.25) is 0 Å². The van der Waals surface area contributed by atoms with Crippen LogP contribution in [-0.4, -0.2) is 137 Å². The third-order valence-electron chi connectivity index (χ3n) is 15.4. The number of carbonyl (C=O) groups excluding carboxylic acids is 2. The molecule has 0 amide bonds. The van der Waals surface area contributed by atoms with Crippen molar-refractivity contribution in [3.63, 3.8) is 0 Å². The number of cyclic esters (lactones) is 1. The Morgan fingerprint density at radius 1 is 0.891 bits per heavy atom. The van der Waals surface area contributed by atoms with Gasteiger partial charge in [-0.05, 0) is 121 Å². The second-order valence-corrected chi connectivity index (χ2v) is 19.4. The molecule has 3 aliphatic carbocycles. The Morgan fingerprint density at radius 2 is 1.61 bits per heavy atom. The fourth-order valence-corrected chi connectivity index (χ4v) is 12.2. The highest BCUT2D eigenvalue weighted by Crippen LogP contribution is 2.57. The number of ether oxygens (including phenoxy) is 8. The Kier molecular flexibility index (Phi) is 15.9. The minimum absolute atomic E-state index is 0.0665. The minimum atomic E-state index is -4.58. The molecule has 0 aromatic heterocycles. The number of alkyl halides is 3. The summed E-state index contributed by atoms with van der Waals surface area (Å²) in [4.78, 5) is 31.2. The van der Waals surface area contributed by atoms with E-state index in [1.807, 2.05) is 47.9 Å². The van der Waals surface area contributed by atoms with E-state index in [9.17, 15) is 23.1 Å². The summed E-state index contributed by atoms with van der Waals surface area (Å²) >= 11 is 0. The molecule has 16 heteroatoms. The van der Waals surface area contributed by atoms with Crippen LogP contribution in [-0.2, 0) is 53.7 Å². The second kappa shape index (κ2) is 20.7. The van der Waals surface area contributed by atoms with Crippen LogP contribution in [0.15, 0.2) is 35.9 Å². The lowest BCUT2D eigenvalue weighted by atomic mass is 9.62. The Morgan fingerprint density at radius 3 is 2.27 bits per heavy atom. The Hall–Kier alpha value is -2.67. The minimum Gasteiger partial charge on any atom is -0.462 e. The summed E-state index contributed by atoms with van der Waals surface area (Å²) in [7, 11) is 8.80. The number of esters is 1. The largest absolute Gasteiger partial charge is 0.462 e. The van der Waals surface area contributed by atoms with Crippen LogP contribution in [0.5, 0.6) is 0 Å². The molecule has 7 rings (SSSR count). The first-order valence-electron chi connectivity index (χ1n) is 23.4. The molecule has 13 nitrogen and oxygen atoms in total. The van der Waals surface area contributed by atoms with Crippen molar-refractivity contribution in [1.29, 1.82) is 0 Å². The van der Waals surface area contributed by atoms with Gasteiger partial charge in [0.2, 0.25) is 0 Å². The normalized spacial score (nSPS) is 42.2. The lowest BCUT2D eigenvalue weighted by Gasteiger charge is -2.47. The van der Waals surface area contributed by atoms with Gasteiger partial charge in [-0.2, -0.15) is 13.2 Å². The Labute approximate surface area is 376 Å². The molecule has 1 aromatic carbocycles. The van der Waals surface area contributed by atoms with Gasteiger partial charge in [-0.15, -0.1) is 0 Å². The molecular formula is C48H71F3N2O11. The second-order valence-electron chi connectivity index (χ2n) is 19.4. The summed E-state index contributed by atoms with van der Waals surface area (Å²) in [6, 6.07) is 4.45. The zero-order valence-electron chi connectivity index (χ0n) is 38.8. The Bertz CT molecular complexity index is 1780. The molecule has 0 radical (unpaired) electrons. The molecule has 3 aliphatic heterocycles. The van der Waals surface area contributed by atoms with E-state index in [1.54, 1.807) is 27.4 Å². The fourth-order valence-electron chi connectivity index (χ4n) is 12.2. The number of Topliss-reactive ketones (excluding diaryl/α,β-unsaturated/α-hetero) is 1. The number of aliphatic hydroxyl groups excluding tert-OH is 1.